The van der Waals surface area contributed by atoms with Crippen molar-refractivity contribution in [3.8, 4) is 33.5 Å². The molecule has 0 bridgehead atoms. The molecule has 0 aliphatic rings. The van der Waals surface area contributed by atoms with Crippen molar-refractivity contribution in [1.29, 1.82) is 0 Å². The second kappa shape index (κ2) is 7.57. The minimum absolute atomic E-state index is 1.01. The Hall–Kier alpha value is -2.97. The topological polar surface area (TPSA) is 12.9 Å². The summed E-state index contributed by atoms with van der Waals surface area (Å²) < 4.78 is 0. The van der Waals surface area contributed by atoms with Crippen molar-refractivity contribution in [3.63, 3.8) is 0 Å². The van der Waals surface area contributed by atoms with Crippen molar-refractivity contribution < 1.29 is 0 Å². The van der Waals surface area contributed by atoms with Gasteiger partial charge in [0.1, 0.15) is 0 Å². The standard InChI is InChI=1S/C26H25NSi/c1-28(2,3)25-8-6-7-24(19-25)22-12-10-20(11-13-22)21-14-16-23(17-15-21)26-9-4-5-18-27-26/h4-19H,1-3H3. The molecule has 0 radical (unpaired) electrons. The van der Waals surface area contributed by atoms with Crippen molar-refractivity contribution >= 4 is 13.3 Å². The molecule has 2 heteroatoms. The molecule has 0 saturated heterocycles. The maximum atomic E-state index is 4.42. The third kappa shape index (κ3) is 3.97. The van der Waals surface area contributed by atoms with E-state index < -0.39 is 8.07 Å². The molecular formula is C26H25NSi. The summed E-state index contributed by atoms with van der Waals surface area (Å²) >= 11 is 0. The van der Waals surface area contributed by atoms with Gasteiger partial charge >= 0.3 is 0 Å². The highest BCUT2D eigenvalue weighted by atomic mass is 28.3. The quantitative estimate of drug-likeness (QED) is 0.363. The lowest BCUT2D eigenvalue weighted by molar-refractivity contribution is 1.33. The van der Waals surface area contributed by atoms with Gasteiger partial charge in [-0.2, -0.15) is 0 Å². The largest absolute Gasteiger partial charge is 0.256 e. The summed E-state index contributed by atoms with van der Waals surface area (Å²) in [7, 11) is -1.30. The lowest BCUT2D eigenvalue weighted by atomic mass is 9.99. The maximum Gasteiger partial charge on any atom is 0.0776 e. The minimum Gasteiger partial charge on any atom is -0.256 e. The summed E-state index contributed by atoms with van der Waals surface area (Å²) in [5, 5.41) is 1.50. The van der Waals surface area contributed by atoms with Crippen LogP contribution >= 0.6 is 0 Å². The van der Waals surface area contributed by atoms with Crippen LogP contribution in [-0.4, -0.2) is 13.1 Å². The number of benzene rings is 3. The fourth-order valence-electron chi connectivity index (χ4n) is 3.39. The molecule has 3 aromatic carbocycles. The molecule has 0 atom stereocenters. The van der Waals surface area contributed by atoms with E-state index in [1.54, 1.807) is 0 Å². The summed E-state index contributed by atoms with van der Waals surface area (Å²) in [5.41, 5.74) is 7.18. The van der Waals surface area contributed by atoms with Crippen LogP contribution in [-0.2, 0) is 0 Å². The molecule has 0 unspecified atom stereocenters. The number of pyridine rings is 1. The van der Waals surface area contributed by atoms with Gasteiger partial charge in [-0.15, -0.1) is 0 Å². The molecule has 0 aliphatic carbocycles. The van der Waals surface area contributed by atoms with Gasteiger partial charge in [-0.1, -0.05) is 104 Å². The summed E-state index contributed by atoms with van der Waals surface area (Å²) in [4.78, 5) is 4.42. The van der Waals surface area contributed by atoms with Gasteiger partial charge in [-0.25, -0.2) is 0 Å². The van der Waals surface area contributed by atoms with Gasteiger partial charge in [0.15, 0.2) is 0 Å². The van der Waals surface area contributed by atoms with E-state index in [0.717, 1.165) is 11.3 Å². The lowest BCUT2D eigenvalue weighted by Gasteiger charge is -2.17. The normalized spacial score (nSPS) is 11.4. The van der Waals surface area contributed by atoms with Crippen LogP contribution in [0.25, 0.3) is 33.5 Å². The fourth-order valence-corrected chi connectivity index (χ4v) is 4.57. The number of hydrogen-bond acceptors (Lipinski definition) is 1. The van der Waals surface area contributed by atoms with Crippen LogP contribution in [0.1, 0.15) is 0 Å². The minimum atomic E-state index is -1.30. The highest BCUT2D eigenvalue weighted by molar-refractivity contribution is 6.88. The maximum absolute atomic E-state index is 4.42. The summed E-state index contributed by atoms with van der Waals surface area (Å²) in [6, 6.07) is 32.5. The zero-order valence-corrected chi connectivity index (χ0v) is 17.7. The molecule has 0 amide bonds. The molecule has 4 aromatic rings. The Morgan fingerprint density at radius 1 is 0.536 bits per heavy atom. The van der Waals surface area contributed by atoms with Crippen LogP contribution in [0, 0.1) is 0 Å². The average molecular weight is 380 g/mol. The van der Waals surface area contributed by atoms with Crippen LogP contribution in [0.2, 0.25) is 19.6 Å². The molecule has 0 saturated carbocycles. The highest BCUT2D eigenvalue weighted by Crippen LogP contribution is 2.27. The lowest BCUT2D eigenvalue weighted by Crippen LogP contribution is -2.37. The first-order chi connectivity index (χ1) is 13.5. The van der Waals surface area contributed by atoms with Crippen molar-refractivity contribution in [2.45, 2.75) is 19.6 Å². The molecule has 28 heavy (non-hydrogen) atoms. The second-order valence-electron chi connectivity index (χ2n) is 8.20. The third-order valence-corrected chi connectivity index (χ3v) is 7.17. The molecule has 138 valence electrons. The zero-order valence-electron chi connectivity index (χ0n) is 16.7. The van der Waals surface area contributed by atoms with E-state index in [-0.39, 0.29) is 0 Å². The molecular weight excluding hydrogens is 354 g/mol. The smallest absolute Gasteiger partial charge is 0.0776 e. The SMILES string of the molecule is C[Si](C)(C)c1cccc(-c2ccc(-c3ccc(-c4ccccn4)cc3)cc2)c1. The van der Waals surface area contributed by atoms with Crippen LogP contribution in [0.15, 0.2) is 97.2 Å². The Labute approximate surface area is 168 Å². The van der Waals surface area contributed by atoms with Gasteiger partial charge in [-0.05, 0) is 34.4 Å². The predicted octanol–water partition coefficient (Wildman–Crippen LogP) is 6.63. The van der Waals surface area contributed by atoms with Crippen LogP contribution in [0.5, 0.6) is 0 Å². The van der Waals surface area contributed by atoms with Gasteiger partial charge in [0.25, 0.3) is 0 Å². The Bertz CT molecular complexity index is 1060. The number of aromatic nitrogens is 1. The van der Waals surface area contributed by atoms with Gasteiger partial charge < -0.3 is 0 Å². The molecule has 1 heterocycles. The first kappa shape index (κ1) is 18.4. The Balaban J connectivity index is 1.59. The summed E-state index contributed by atoms with van der Waals surface area (Å²) in [6.07, 6.45) is 1.83. The Morgan fingerprint density at radius 3 is 1.64 bits per heavy atom. The molecule has 4 rings (SSSR count). The van der Waals surface area contributed by atoms with E-state index >= 15 is 0 Å². The molecule has 0 fully saturated rings. The average Bonchev–Trinajstić information content (AvgIpc) is 2.74. The van der Waals surface area contributed by atoms with Crippen molar-refractivity contribution in [2.24, 2.45) is 0 Å². The first-order valence-corrected chi connectivity index (χ1v) is 13.2. The van der Waals surface area contributed by atoms with E-state index in [1.807, 2.05) is 24.4 Å². The fraction of sp³-hybridized carbons (Fsp3) is 0.115. The zero-order chi connectivity index (χ0) is 19.6. The van der Waals surface area contributed by atoms with Gasteiger partial charge in [0.05, 0.1) is 13.8 Å². The summed E-state index contributed by atoms with van der Waals surface area (Å²) in [5.74, 6) is 0. The van der Waals surface area contributed by atoms with E-state index in [9.17, 15) is 0 Å². The van der Waals surface area contributed by atoms with Crippen LogP contribution in [0.4, 0.5) is 0 Å². The van der Waals surface area contributed by atoms with Crippen molar-refractivity contribution in [3.05, 3.63) is 97.2 Å². The van der Waals surface area contributed by atoms with Gasteiger partial charge in [0, 0.05) is 11.8 Å². The predicted molar refractivity (Wildman–Crippen MR) is 124 cm³/mol. The molecule has 0 N–H and O–H groups in total. The molecule has 1 nitrogen and oxygen atoms in total. The first-order valence-electron chi connectivity index (χ1n) is 9.73. The monoisotopic (exact) mass is 379 g/mol. The van der Waals surface area contributed by atoms with E-state index in [1.165, 1.54) is 27.4 Å². The summed E-state index contributed by atoms with van der Waals surface area (Å²) in [6.45, 7) is 7.18. The molecule has 0 spiro atoms. The number of hydrogen-bond donors (Lipinski definition) is 0. The third-order valence-electron chi connectivity index (χ3n) is 5.13. The highest BCUT2D eigenvalue weighted by Gasteiger charge is 2.16. The molecule has 1 aromatic heterocycles. The Morgan fingerprint density at radius 2 is 1.11 bits per heavy atom. The van der Waals surface area contributed by atoms with E-state index in [0.29, 0.717) is 0 Å². The van der Waals surface area contributed by atoms with Gasteiger partial charge in [0.2, 0.25) is 0 Å². The van der Waals surface area contributed by atoms with Crippen LogP contribution in [0.3, 0.4) is 0 Å². The van der Waals surface area contributed by atoms with Gasteiger partial charge in [-0.3, -0.25) is 4.98 Å². The van der Waals surface area contributed by atoms with Crippen molar-refractivity contribution in [2.75, 3.05) is 0 Å². The van der Waals surface area contributed by atoms with Crippen molar-refractivity contribution in [1.82, 2.24) is 4.98 Å². The van der Waals surface area contributed by atoms with E-state index in [4.69, 9.17) is 0 Å². The number of nitrogens with zero attached hydrogens (tertiary/aromatic N) is 1. The second-order valence-corrected chi connectivity index (χ2v) is 13.3. The Kier molecular flexibility index (Phi) is 4.97. The number of rotatable bonds is 4. The van der Waals surface area contributed by atoms with E-state index in [2.05, 4.69) is 97.4 Å². The molecule has 0 aliphatic heterocycles. The van der Waals surface area contributed by atoms with Crippen LogP contribution < -0.4 is 5.19 Å².